The standard InChI is InChI=1S/C16H13NO3S.C11H11N3O/c1-12-6-8-14(9-7-12)21(19,20)17-10-13(11-18)15-4-2-3-5-16(15)17;1-8(15)13-14-11-6-7-12-10-5-3-2-4-9(10)11/h2-11H,1H3;2-5,7H,6H2,1H3,(H,13,15). The number of aromatic nitrogens is 1. The lowest BCUT2D eigenvalue weighted by Crippen LogP contribution is -2.17. The van der Waals surface area contributed by atoms with Gasteiger partial charge in [-0.15, -0.1) is 0 Å². The molecule has 0 aliphatic carbocycles. The molecule has 4 aromatic rings. The van der Waals surface area contributed by atoms with Gasteiger partial charge in [-0.1, -0.05) is 54.1 Å². The van der Waals surface area contributed by atoms with Gasteiger partial charge >= 0.3 is 0 Å². The Balaban J connectivity index is 0.000000179. The zero-order chi connectivity index (χ0) is 25.7. The number of fused-ring (bicyclic) bond motifs is 2. The summed E-state index contributed by atoms with van der Waals surface area (Å²) < 4.78 is 26.6. The predicted octanol–water partition coefficient (Wildman–Crippen LogP) is 4.63. The topological polar surface area (TPSA) is 110 Å². The van der Waals surface area contributed by atoms with Crippen molar-refractivity contribution in [3.63, 3.8) is 0 Å². The van der Waals surface area contributed by atoms with Gasteiger partial charge in [-0.3, -0.25) is 14.6 Å². The van der Waals surface area contributed by atoms with Gasteiger partial charge in [0.1, 0.15) is 0 Å². The third kappa shape index (κ3) is 5.16. The molecule has 5 rings (SSSR count). The second kappa shape index (κ2) is 10.5. The summed E-state index contributed by atoms with van der Waals surface area (Å²) >= 11 is 0. The molecule has 0 atom stereocenters. The van der Waals surface area contributed by atoms with E-state index in [4.69, 9.17) is 0 Å². The number of hydrazone groups is 1. The van der Waals surface area contributed by atoms with Crippen LogP contribution in [0.15, 0.2) is 94.0 Å². The number of aryl methyl sites for hydroxylation is 1. The average Bonchev–Trinajstić information content (AvgIpc) is 3.28. The molecule has 0 saturated heterocycles. The van der Waals surface area contributed by atoms with Crippen molar-refractivity contribution in [1.82, 2.24) is 9.40 Å². The Morgan fingerprint density at radius 3 is 2.44 bits per heavy atom. The molecule has 1 aliphatic rings. The Hall–Kier alpha value is -4.37. The van der Waals surface area contributed by atoms with E-state index in [0.29, 0.717) is 29.2 Å². The first-order valence-electron chi connectivity index (χ1n) is 11.1. The summed E-state index contributed by atoms with van der Waals surface area (Å²) in [5, 5.41) is 4.68. The third-order valence-electron chi connectivity index (χ3n) is 5.49. The molecule has 3 aromatic carbocycles. The van der Waals surface area contributed by atoms with Gasteiger partial charge in [-0.05, 0) is 31.2 Å². The second-order valence-corrected chi connectivity index (χ2v) is 9.91. The van der Waals surface area contributed by atoms with Gasteiger partial charge in [0.05, 0.1) is 21.8 Å². The minimum absolute atomic E-state index is 0.164. The van der Waals surface area contributed by atoms with Crippen molar-refractivity contribution >= 4 is 50.7 Å². The van der Waals surface area contributed by atoms with Gasteiger partial charge in [0.2, 0.25) is 5.91 Å². The van der Waals surface area contributed by atoms with Crippen LogP contribution in [-0.4, -0.2) is 36.5 Å². The van der Waals surface area contributed by atoms with Crippen molar-refractivity contribution in [1.29, 1.82) is 0 Å². The highest BCUT2D eigenvalue weighted by Crippen LogP contribution is 2.25. The first kappa shape index (κ1) is 24.7. The van der Waals surface area contributed by atoms with Crippen LogP contribution in [0.2, 0.25) is 0 Å². The Bertz CT molecular complexity index is 1600. The number of nitrogens with zero attached hydrogens (tertiary/aromatic N) is 3. The summed E-state index contributed by atoms with van der Waals surface area (Å²) in [6.45, 7) is 3.33. The predicted molar refractivity (Wildman–Crippen MR) is 141 cm³/mol. The Morgan fingerprint density at radius 1 is 1.03 bits per heavy atom. The smallest absolute Gasteiger partial charge is 0.268 e. The molecule has 1 aromatic heterocycles. The molecule has 1 N–H and O–H groups in total. The van der Waals surface area contributed by atoms with E-state index in [-0.39, 0.29) is 10.8 Å². The monoisotopic (exact) mass is 500 g/mol. The number of aliphatic imine (C=N–C) groups is 1. The summed E-state index contributed by atoms with van der Waals surface area (Å²) in [6, 6.07) is 21.3. The number of benzene rings is 3. The highest BCUT2D eigenvalue weighted by atomic mass is 32.2. The molecule has 2 heterocycles. The normalized spacial score (nSPS) is 13.6. The molecule has 182 valence electrons. The lowest BCUT2D eigenvalue weighted by atomic mass is 10.0. The number of amides is 1. The first-order chi connectivity index (χ1) is 17.3. The number of hydrogen-bond donors (Lipinski definition) is 1. The lowest BCUT2D eigenvalue weighted by molar-refractivity contribution is -0.118. The average molecular weight is 501 g/mol. The van der Waals surface area contributed by atoms with Crippen LogP contribution in [0, 0.1) is 6.92 Å². The van der Waals surface area contributed by atoms with Crippen molar-refractivity contribution in [3.05, 3.63) is 95.7 Å². The van der Waals surface area contributed by atoms with Crippen LogP contribution in [0.5, 0.6) is 0 Å². The van der Waals surface area contributed by atoms with E-state index in [1.807, 2.05) is 31.2 Å². The third-order valence-corrected chi connectivity index (χ3v) is 7.18. The zero-order valence-electron chi connectivity index (χ0n) is 19.8. The molecule has 0 unspecified atom stereocenters. The largest absolute Gasteiger partial charge is 0.298 e. The summed E-state index contributed by atoms with van der Waals surface area (Å²) in [7, 11) is -3.71. The molecular formula is C27H24N4O4S. The number of carbonyl (C=O) groups excluding carboxylic acids is 2. The van der Waals surface area contributed by atoms with Crippen molar-refractivity contribution in [3.8, 4) is 0 Å². The Morgan fingerprint density at radius 2 is 1.72 bits per heavy atom. The fourth-order valence-corrected chi connectivity index (χ4v) is 5.09. The minimum atomic E-state index is -3.71. The fraction of sp³-hybridized carbons (Fsp3) is 0.111. The molecule has 0 spiro atoms. The van der Waals surface area contributed by atoms with Gasteiger partial charge in [0.15, 0.2) is 6.29 Å². The van der Waals surface area contributed by atoms with Crippen molar-refractivity contribution in [2.75, 3.05) is 0 Å². The first-order valence-corrected chi connectivity index (χ1v) is 12.6. The van der Waals surface area contributed by atoms with Gasteiger partial charge in [0, 0.05) is 42.3 Å². The van der Waals surface area contributed by atoms with E-state index in [0.717, 1.165) is 26.5 Å². The highest BCUT2D eigenvalue weighted by Gasteiger charge is 2.20. The lowest BCUT2D eigenvalue weighted by Gasteiger charge is -2.11. The highest BCUT2D eigenvalue weighted by molar-refractivity contribution is 7.90. The van der Waals surface area contributed by atoms with E-state index >= 15 is 0 Å². The summed E-state index contributed by atoms with van der Waals surface area (Å²) in [6.07, 6.45) is 4.48. The molecule has 1 amide bonds. The van der Waals surface area contributed by atoms with Crippen molar-refractivity contribution in [2.45, 2.75) is 25.2 Å². The van der Waals surface area contributed by atoms with Crippen LogP contribution in [0.1, 0.15) is 34.8 Å². The molecule has 0 fully saturated rings. The van der Waals surface area contributed by atoms with E-state index in [1.54, 1.807) is 54.7 Å². The second-order valence-electron chi connectivity index (χ2n) is 8.09. The van der Waals surface area contributed by atoms with Crippen LogP contribution in [-0.2, 0) is 14.8 Å². The quantitative estimate of drug-likeness (QED) is 0.325. The molecule has 0 radical (unpaired) electrons. The fourth-order valence-electron chi connectivity index (χ4n) is 3.71. The van der Waals surface area contributed by atoms with Crippen LogP contribution < -0.4 is 5.43 Å². The zero-order valence-corrected chi connectivity index (χ0v) is 20.6. The minimum Gasteiger partial charge on any atom is -0.298 e. The SMILES string of the molecule is CC(=O)NN=C1CC=Nc2ccccc21.Cc1ccc(S(=O)(=O)n2cc(C=O)c3ccccc32)cc1. The molecule has 9 heteroatoms. The number of hydrogen-bond acceptors (Lipinski definition) is 6. The summed E-state index contributed by atoms with van der Waals surface area (Å²) in [5.74, 6) is -0.164. The molecule has 1 aliphatic heterocycles. The van der Waals surface area contributed by atoms with E-state index in [1.165, 1.54) is 13.1 Å². The molecule has 36 heavy (non-hydrogen) atoms. The maximum atomic E-state index is 12.7. The Kier molecular flexibility index (Phi) is 7.21. The van der Waals surface area contributed by atoms with Crippen LogP contribution in [0.25, 0.3) is 10.9 Å². The number of aldehydes is 1. The van der Waals surface area contributed by atoms with E-state index in [9.17, 15) is 18.0 Å². The van der Waals surface area contributed by atoms with E-state index < -0.39 is 10.0 Å². The maximum absolute atomic E-state index is 12.7. The maximum Gasteiger partial charge on any atom is 0.268 e. The molecule has 8 nitrogen and oxygen atoms in total. The van der Waals surface area contributed by atoms with Crippen LogP contribution in [0.4, 0.5) is 5.69 Å². The molecular weight excluding hydrogens is 476 g/mol. The number of carbonyl (C=O) groups is 2. The van der Waals surface area contributed by atoms with Crippen molar-refractivity contribution < 1.29 is 18.0 Å². The molecule has 0 bridgehead atoms. The van der Waals surface area contributed by atoms with E-state index in [2.05, 4.69) is 15.5 Å². The van der Waals surface area contributed by atoms with Gasteiger partial charge in [-0.2, -0.15) is 5.10 Å². The summed E-state index contributed by atoms with van der Waals surface area (Å²) in [5.41, 5.74) is 7.01. The van der Waals surface area contributed by atoms with Crippen LogP contribution >= 0.6 is 0 Å². The molecule has 0 saturated carbocycles. The number of rotatable bonds is 4. The number of para-hydroxylation sites is 2. The van der Waals surface area contributed by atoms with Crippen LogP contribution in [0.3, 0.4) is 0 Å². The number of nitrogens with one attached hydrogen (secondary N) is 1. The van der Waals surface area contributed by atoms with Gasteiger partial charge in [-0.25, -0.2) is 17.8 Å². The Labute approximate surface area is 209 Å². The van der Waals surface area contributed by atoms with Crippen molar-refractivity contribution in [2.24, 2.45) is 10.1 Å². The summed E-state index contributed by atoms with van der Waals surface area (Å²) in [4.78, 5) is 26.3. The van der Waals surface area contributed by atoms with Gasteiger partial charge < -0.3 is 0 Å². The van der Waals surface area contributed by atoms with Gasteiger partial charge in [0.25, 0.3) is 10.0 Å².